The van der Waals surface area contributed by atoms with E-state index < -0.39 is 0 Å². The fraction of sp³-hybridized carbons (Fsp3) is 0.634. The van der Waals surface area contributed by atoms with E-state index in [0.29, 0.717) is 71.0 Å². The Morgan fingerprint density at radius 2 is 0.742 bits per heavy atom. The van der Waals surface area contributed by atoms with Gasteiger partial charge in [0.15, 0.2) is 17.1 Å². The van der Waals surface area contributed by atoms with Gasteiger partial charge in [0.2, 0.25) is 0 Å². The third-order valence-electron chi connectivity index (χ3n) is 25.1. The Morgan fingerprint density at radius 3 is 1.05 bits per heavy atom. The zero-order valence-corrected chi connectivity index (χ0v) is 58.2. The number of halogens is 3. The molecule has 520 valence electrons. The normalized spacial score (nSPS) is 26.1. The van der Waals surface area contributed by atoms with Crippen LogP contribution in [0.5, 0.6) is 0 Å². The Labute approximate surface area is 574 Å². The molecular weight excluding hydrogens is 1220 g/mol. The third-order valence-corrected chi connectivity index (χ3v) is 25.1. The molecular formula is C82H108F3N9O3. The molecule has 6 aromatic rings. The van der Waals surface area contributed by atoms with Crippen LogP contribution in [0.3, 0.4) is 0 Å². The van der Waals surface area contributed by atoms with Gasteiger partial charge < -0.3 is 16.0 Å². The number of fused-ring (bicyclic) bond motifs is 5. The van der Waals surface area contributed by atoms with Crippen LogP contribution >= 0.6 is 0 Å². The second-order valence-corrected chi connectivity index (χ2v) is 32.0. The average Bonchev–Trinajstić information content (AvgIpc) is 1.62. The van der Waals surface area contributed by atoms with Crippen LogP contribution in [-0.2, 0) is 38.5 Å². The molecule has 0 saturated heterocycles. The van der Waals surface area contributed by atoms with E-state index in [0.717, 1.165) is 178 Å². The monoisotopic (exact) mass is 1320 g/mol. The minimum atomic E-state index is -0.188. The summed E-state index contributed by atoms with van der Waals surface area (Å²) in [5.41, 5.74) is 13.2. The molecule has 7 fully saturated rings. The number of aromatic nitrogens is 6. The third kappa shape index (κ3) is 15.5. The molecule has 10 aliphatic carbocycles. The minimum Gasteiger partial charge on any atom is -0.348 e. The topological polar surface area (TPSA) is 141 Å². The summed E-state index contributed by atoms with van der Waals surface area (Å²) in [6, 6.07) is 23.0. The highest BCUT2D eigenvalue weighted by Gasteiger charge is 2.54. The summed E-state index contributed by atoms with van der Waals surface area (Å²) in [4.78, 5) is 40.2. The standard InChI is InChI=1S/C31H42FN3O.C26H34FN3O.C25H32FN3O/c1-20-23-16-17-31(2,19-23)29(20)33-30(36)27-26-11-7-6-8-22(18-21-12-14-24(32)15-13-21)28(26)35(34-27)25-9-4-3-5-10-25;27-20-15-13-18(14-16-20)17-19-7-4-5-12-23-24(26(31)28-21-8-6-9-21)29-30(25(19)23)22-10-2-1-3-11-22;26-19-12-10-17(11-13-19)16-18-6-4-5-9-22-23(25(30)27-20-14-15-20)28-29(24(18)22)21-7-2-1-3-8-21/h12-15,20,22-23,25,29H,3-11,16-19H2,1-2H3,(H,33,36);13-16,19,21-22H,1-12,17H2,(H,28,31);10-13,18,20-21H,1-9,14-16H2,(H,27,30)/t20?,22?,23?,29-,31?;;/m1../s1. The highest BCUT2D eigenvalue weighted by atomic mass is 19.1. The molecule has 10 aliphatic rings. The van der Waals surface area contributed by atoms with Gasteiger partial charge in [-0.15, -0.1) is 0 Å². The van der Waals surface area contributed by atoms with Crippen molar-refractivity contribution in [1.82, 2.24) is 45.3 Å². The molecule has 3 aromatic carbocycles. The van der Waals surface area contributed by atoms with Gasteiger partial charge in [-0.05, 0) is 237 Å². The highest BCUT2D eigenvalue weighted by molar-refractivity contribution is 5.95. The molecule has 3 amide bonds. The fourth-order valence-electron chi connectivity index (χ4n) is 19.4. The first-order chi connectivity index (χ1) is 47.3. The Bertz CT molecular complexity index is 3660. The van der Waals surface area contributed by atoms with Gasteiger partial charge in [-0.1, -0.05) is 127 Å². The molecule has 12 nitrogen and oxygen atoms in total. The summed E-state index contributed by atoms with van der Waals surface area (Å²) < 4.78 is 47.3. The maximum Gasteiger partial charge on any atom is 0.272 e. The predicted octanol–water partition coefficient (Wildman–Crippen LogP) is 18.5. The number of benzene rings is 3. The lowest BCUT2D eigenvalue weighted by Crippen LogP contribution is -2.47. The molecule has 3 N–H and O–H groups in total. The van der Waals surface area contributed by atoms with E-state index in [1.54, 1.807) is 36.4 Å². The first-order valence-corrected chi connectivity index (χ1v) is 38.8. The largest absolute Gasteiger partial charge is 0.348 e. The van der Waals surface area contributed by atoms with Crippen molar-refractivity contribution >= 4 is 17.7 Å². The quantitative estimate of drug-likeness (QED) is 0.0875. The Hall–Kier alpha value is -6.51. The molecule has 0 aliphatic heterocycles. The van der Waals surface area contributed by atoms with Crippen LogP contribution in [-0.4, -0.2) is 65.2 Å². The summed E-state index contributed by atoms with van der Waals surface area (Å²) in [6.07, 6.45) is 43.2. The zero-order valence-electron chi connectivity index (χ0n) is 58.2. The van der Waals surface area contributed by atoms with E-state index in [1.165, 1.54) is 123 Å². The van der Waals surface area contributed by atoms with Crippen molar-refractivity contribution in [3.05, 3.63) is 158 Å². The van der Waals surface area contributed by atoms with Crippen LogP contribution in [0.1, 0.15) is 337 Å². The summed E-state index contributed by atoms with van der Waals surface area (Å²) in [5.74, 6) is 1.82. The first kappa shape index (κ1) is 67.7. The van der Waals surface area contributed by atoms with Crippen molar-refractivity contribution < 1.29 is 27.6 Å². The van der Waals surface area contributed by atoms with Gasteiger partial charge in [0, 0.05) is 69.7 Å². The maximum absolute atomic E-state index is 13.9. The van der Waals surface area contributed by atoms with Gasteiger partial charge in [0.25, 0.3) is 17.7 Å². The van der Waals surface area contributed by atoms with E-state index in [-0.39, 0.29) is 46.6 Å². The van der Waals surface area contributed by atoms with Crippen LogP contribution in [0.15, 0.2) is 72.8 Å². The summed E-state index contributed by atoms with van der Waals surface area (Å²) >= 11 is 0. The number of hydrogen-bond acceptors (Lipinski definition) is 6. The summed E-state index contributed by atoms with van der Waals surface area (Å²) in [7, 11) is 0. The van der Waals surface area contributed by atoms with Crippen LogP contribution in [0.2, 0.25) is 0 Å². The smallest absolute Gasteiger partial charge is 0.272 e. The molecule has 0 radical (unpaired) electrons. The highest BCUT2D eigenvalue weighted by Crippen LogP contribution is 2.57. The van der Waals surface area contributed by atoms with Gasteiger partial charge >= 0.3 is 0 Å². The molecule has 2 bridgehead atoms. The molecule has 97 heavy (non-hydrogen) atoms. The number of amides is 3. The van der Waals surface area contributed by atoms with Crippen molar-refractivity contribution in [2.45, 2.75) is 312 Å². The molecule has 7 saturated carbocycles. The Balaban J connectivity index is 0.000000125. The van der Waals surface area contributed by atoms with E-state index in [9.17, 15) is 27.6 Å². The number of nitrogens with zero attached hydrogens (tertiary/aromatic N) is 6. The van der Waals surface area contributed by atoms with Gasteiger partial charge in [0.1, 0.15) is 17.5 Å². The van der Waals surface area contributed by atoms with E-state index in [4.69, 9.17) is 15.3 Å². The van der Waals surface area contributed by atoms with Gasteiger partial charge in [0.05, 0.1) is 18.1 Å². The maximum atomic E-state index is 13.9. The van der Waals surface area contributed by atoms with E-state index in [1.807, 2.05) is 36.4 Å². The van der Waals surface area contributed by atoms with Crippen molar-refractivity contribution in [1.29, 1.82) is 0 Å². The van der Waals surface area contributed by atoms with Crippen LogP contribution in [0.25, 0.3) is 0 Å². The number of rotatable bonds is 15. The van der Waals surface area contributed by atoms with Crippen molar-refractivity contribution in [3.8, 4) is 0 Å². The van der Waals surface area contributed by atoms with Crippen molar-refractivity contribution in [2.75, 3.05) is 0 Å². The fourth-order valence-corrected chi connectivity index (χ4v) is 19.4. The molecule has 3 heterocycles. The number of nitrogens with one attached hydrogen (secondary N) is 3. The summed E-state index contributed by atoms with van der Waals surface area (Å²) in [5, 5.41) is 25.1. The number of hydrogen-bond donors (Lipinski definition) is 3. The van der Waals surface area contributed by atoms with Gasteiger partial charge in [-0.25, -0.2) is 13.2 Å². The molecule has 16 rings (SSSR count). The molecule has 15 heteroatoms. The lowest BCUT2D eigenvalue weighted by molar-refractivity contribution is 0.0855. The molecule has 3 aromatic heterocycles. The van der Waals surface area contributed by atoms with Gasteiger partial charge in [-0.3, -0.25) is 28.4 Å². The van der Waals surface area contributed by atoms with E-state index in [2.05, 4.69) is 43.8 Å². The Morgan fingerprint density at radius 1 is 0.412 bits per heavy atom. The van der Waals surface area contributed by atoms with Crippen molar-refractivity contribution in [3.63, 3.8) is 0 Å². The molecule has 6 unspecified atom stereocenters. The van der Waals surface area contributed by atoms with Crippen LogP contribution in [0.4, 0.5) is 13.2 Å². The zero-order chi connectivity index (χ0) is 66.6. The van der Waals surface area contributed by atoms with E-state index >= 15 is 0 Å². The predicted molar refractivity (Wildman–Crippen MR) is 376 cm³/mol. The number of carbonyl (C=O) groups excluding carboxylic acids is 3. The lowest BCUT2D eigenvalue weighted by Gasteiger charge is -2.36. The molecule has 7 atom stereocenters. The van der Waals surface area contributed by atoms with Crippen LogP contribution < -0.4 is 16.0 Å². The minimum absolute atomic E-state index is 0.0192. The molecule has 0 spiro atoms. The summed E-state index contributed by atoms with van der Waals surface area (Å²) in [6.45, 7) is 4.71. The Kier molecular flexibility index (Phi) is 21.3. The van der Waals surface area contributed by atoms with Gasteiger partial charge in [-0.2, -0.15) is 15.3 Å². The number of carbonyl (C=O) groups is 3. The second kappa shape index (κ2) is 30.5. The van der Waals surface area contributed by atoms with Crippen LogP contribution in [0, 0.1) is 34.7 Å². The lowest BCUT2D eigenvalue weighted by atomic mass is 9.77. The first-order valence-electron chi connectivity index (χ1n) is 38.8. The average molecular weight is 1320 g/mol. The SMILES string of the molecule is CC1C2CCC(C)(C2)[C@@H]1NC(=O)c1nn(C2CCCCC2)c2c1CCCCC2Cc1ccc(F)cc1.O=C(NC1CC1)c1nn(C2CCCCC2)c2c1CCCCC2Cc1ccc(F)cc1.O=C(NC1CCC1)c1nn(C2CCCCC2)c2c1CCCCC2Cc1ccc(F)cc1. The second-order valence-electron chi connectivity index (χ2n) is 32.0. The van der Waals surface area contributed by atoms with Crippen molar-refractivity contribution in [2.24, 2.45) is 17.3 Å².